The van der Waals surface area contributed by atoms with Crippen LogP contribution in [-0.2, 0) is 15.8 Å². The third-order valence-corrected chi connectivity index (χ3v) is 4.60. The molecule has 0 aliphatic heterocycles. The Morgan fingerprint density at radius 3 is 2.07 bits per heavy atom. The number of rotatable bonds is 7. The van der Waals surface area contributed by atoms with Gasteiger partial charge in [-0.3, -0.25) is 0 Å². The van der Waals surface area contributed by atoms with Crippen LogP contribution >= 0.6 is 11.8 Å². The van der Waals surface area contributed by atoms with E-state index in [-0.39, 0.29) is 11.9 Å². The third kappa shape index (κ3) is 8.53. The van der Waals surface area contributed by atoms with Gasteiger partial charge in [-0.05, 0) is 55.0 Å². The van der Waals surface area contributed by atoms with Crippen LogP contribution in [-0.4, -0.2) is 31.5 Å². The van der Waals surface area contributed by atoms with E-state index in [1.54, 1.807) is 18.2 Å². The zero-order chi connectivity index (χ0) is 22.1. The van der Waals surface area contributed by atoms with Crippen LogP contribution in [0.3, 0.4) is 0 Å². The van der Waals surface area contributed by atoms with Crippen LogP contribution in [0.1, 0.15) is 11.1 Å². The van der Waals surface area contributed by atoms with Crippen molar-refractivity contribution in [1.29, 1.82) is 0 Å². The molecule has 0 bridgehead atoms. The fourth-order valence-electron chi connectivity index (χ4n) is 2.10. The van der Waals surface area contributed by atoms with E-state index in [9.17, 15) is 22.0 Å². The number of halogens is 5. The quantitative estimate of drug-likeness (QED) is 0.439. The second-order valence-electron chi connectivity index (χ2n) is 5.67. The van der Waals surface area contributed by atoms with Gasteiger partial charge in [0.05, 0.1) is 18.4 Å². The molecular formula is C19H17F5O4S. The highest BCUT2D eigenvalue weighted by atomic mass is 32.2. The molecule has 158 valence electrons. The van der Waals surface area contributed by atoms with Gasteiger partial charge in [-0.15, -0.1) is 11.8 Å². The summed E-state index contributed by atoms with van der Waals surface area (Å²) in [5.74, 6) is -3.02. The maximum Gasteiger partial charge on any atom is 0.416 e. The average molecular weight is 436 g/mol. The Kier molecular flexibility index (Phi) is 9.13. The van der Waals surface area contributed by atoms with Gasteiger partial charge in [-0.2, -0.15) is 22.8 Å². The van der Waals surface area contributed by atoms with E-state index in [1.807, 2.05) is 6.92 Å². The number of aryl methyl sites for hydroxylation is 1. The van der Waals surface area contributed by atoms with Gasteiger partial charge in [-0.25, -0.2) is 8.78 Å². The number of hydrogen-bond donors (Lipinski definition) is 0. The molecule has 0 saturated carbocycles. The SMILES string of the molecule is COc1ccc(SCC(F)(F)COc2ccc(C(F)(F)F)cc2)cc1C.O=C=O. The lowest BCUT2D eigenvalue weighted by Crippen LogP contribution is -2.28. The molecule has 0 heterocycles. The fraction of sp³-hybridized carbons (Fsp3) is 0.316. The number of hydrogen-bond acceptors (Lipinski definition) is 5. The lowest BCUT2D eigenvalue weighted by atomic mass is 10.2. The molecule has 0 N–H and O–H groups in total. The van der Waals surface area contributed by atoms with E-state index < -0.39 is 30.0 Å². The fourth-order valence-corrected chi connectivity index (χ4v) is 2.99. The van der Waals surface area contributed by atoms with Crippen molar-refractivity contribution in [2.24, 2.45) is 0 Å². The second kappa shape index (κ2) is 10.8. The van der Waals surface area contributed by atoms with E-state index >= 15 is 0 Å². The molecule has 2 aromatic rings. The molecule has 0 radical (unpaired) electrons. The molecular weight excluding hydrogens is 419 g/mol. The Morgan fingerprint density at radius 2 is 1.59 bits per heavy atom. The first-order valence-corrected chi connectivity index (χ1v) is 8.95. The molecule has 0 unspecified atom stereocenters. The maximum atomic E-state index is 14.0. The standard InChI is InChI=1S/C18H17F5O2S.CO2/c1-12-9-15(7-8-16(12)24-2)26-11-17(19,20)10-25-14-5-3-13(4-6-14)18(21,22)23;2-1-3/h3-9H,10-11H2,1-2H3;. The molecule has 0 aliphatic carbocycles. The van der Waals surface area contributed by atoms with E-state index in [0.29, 0.717) is 10.6 Å². The normalized spacial score (nSPS) is 11.1. The monoisotopic (exact) mass is 436 g/mol. The summed E-state index contributed by atoms with van der Waals surface area (Å²) in [6.45, 7) is 0.898. The average Bonchev–Trinajstić information content (AvgIpc) is 2.65. The second-order valence-corrected chi connectivity index (χ2v) is 6.72. The van der Waals surface area contributed by atoms with Crippen LogP contribution < -0.4 is 9.47 Å². The third-order valence-electron chi connectivity index (χ3n) is 3.45. The van der Waals surface area contributed by atoms with Crippen molar-refractivity contribution in [3.8, 4) is 11.5 Å². The van der Waals surface area contributed by atoms with Gasteiger partial charge >= 0.3 is 12.3 Å². The molecule has 2 aromatic carbocycles. The summed E-state index contributed by atoms with van der Waals surface area (Å²) >= 11 is 0.967. The molecule has 29 heavy (non-hydrogen) atoms. The molecule has 0 spiro atoms. The van der Waals surface area contributed by atoms with Crippen LogP contribution in [0.25, 0.3) is 0 Å². The topological polar surface area (TPSA) is 52.6 Å². The minimum absolute atomic E-state index is 0.0389. The zero-order valence-corrected chi connectivity index (χ0v) is 16.2. The minimum Gasteiger partial charge on any atom is -0.496 e. The van der Waals surface area contributed by atoms with E-state index in [0.717, 1.165) is 41.6 Å². The Morgan fingerprint density at radius 1 is 1.00 bits per heavy atom. The highest BCUT2D eigenvalue weighted by Crippen LogP contribution is 2.32. The van der Waals surface area contributed by atoms with Crippen molar-refractivity contribution in [1.82, 2.24) is 0 Å². The lowest BCUT2D eigenvalue weighted by molar-refractivity contribution is -0.191. The van der Waals surface area contributed by atoms with E-state index in [1.165, 1.54) is 7.11 Å². The van der Waals surface area contributed by atoms with Crippen LogP contribution in [0.4, 0.5) is 22.0 Å². The summed E-state index contributed by atoms with van der Waals surface area (Å²) in [4.78, 5) is 16.9. The van der Waals surface area contributed by atoms with Crippen LogP contribution in [0.5, 0.6) is 11.5 Å². The van der Waals surface area contributed by atoms with Crippen molar-refractivity contribution in [2.75, 3.05) is 19.5 Å². The summed E-state index contributed by atoms with van der Waals surface area (Å²) in [5.41, 5.74) is -0.0242. The van der Waals surface area contributed by atoms with Crippen LogP contribution in [0, 0.1) is 6.92 Å². The molecule has 10 heteroatoms. The van der Waals surface area contributed by atoms with Gasteiger partial charge in [0.1, 0.15) is 11.5 Å². The summed E-state index contributed by atoms with van der Waals surface area (Å²) < 4.78 is 75.4. The predicted octanol–water partition coefficient (Wildman–Crippen LogP) is 5.25. The summed E-state index contributed by atoms with van der Waals surface area (Å²) in [5, 5.41) is 0. The van der Waals surface area contributed by atoms with Crippen molar-refractivity contribution >= 4 is 17.9 Å². The lowest BCUT2D eigenvalue weighted by Gasteiger charge is -2.17. The van der Waals surface area contributed by atoms with Crippen LogP contribution in [0.2, 0.25) is 0 Å². The van der Waals surface area contributed by atoms with Gasteiger partial charge in [0.25, 0.3) is 5.92 Å². The number of carbonyl (C=O) groups excluding carboxylic acids is 2. The Hall–Kier alpha value is -2.58. The van der Waals surface area contributed by atoms with Crippen molar-refractivity contribution in [2.45, 2.75) is 23.9 Å². The smallest absolute Gasteiger partial charge is 0.416 e. The number of alkyl halides is 5. The van der Waals surface area contributed by atoms with E-state index in [2.05, 4.69) is 0 Å². The van der Waals surface area contributed by atoms with Gasteiger partial charge < -0.3 is 9.47 Å². The highest BCUT2D eigenvalue weighted by Gasteiger charge is 2.32. The van der Waals surface area contributed by atoms with Crippen molar-refractivity contribution < 1.29 is 41.0 Å². The molecule has 0 saturated heterocycles. The van der Waals surface area contributed by atoms with Gasteiger partial charge in [0, 0.05) is 4.90 Å². The maximum absolute atomic E-state index is 14.0. The molecule has 0 aromatic heterocycles. The Labute approximate surface area is 168 Å². The largest absolute Gasteiger partial charge is 0.496 e. The molecule has 0 aliphatic rings. The number of ether oxygens (including phenoxy) is 2. The molecule has 0 fully saturated rings. The summed E-state index contributed by atoms with van der Waals surface area (Å²) in [6, 6.07) is 8.77. The van der Waals surface area contributed by atoms with Gasteiger partial charge in [0.2, 0.25) is 0 Å². The Bertz CT molecular complexity index is 816. The number of methoxy groups -OCH3 is 1. The Balaban J connectivity index is 0.00000132. The summed E-state index contributed by atoms with van der Waals surface area (Å²) in [6.07, 6.45) is -4.23. The number of benzene rings is 2. The summed E-state index contributed by atoms with van der Waals surface area (Å²) in [7, 11) is 1.53. The van der Waals surface area contributed by atoms with Gasteiger partial charge in [-0.1, -0.05) is 0 Å². The highest BCUT2D eigenvalue weighted by molar-refractivity contribution is 7.99. The molecule has 0 amide bonds. The van der Waals surface area contributed by atoms with Gasteiger partial charge in [0.15, 0.2) is 6.61 Å². The van der Waals surface area contributed by atoms with Crippen LogP contribution in [0.15, 0.2) is 47.4 Å². The molecule has 2 rings (SSSR count). The van der Waals surface area contributed by atoms with E-state index in [4.69, 9.17) is 19.1 Å². The molecule has 0 atom stereocenters. The van der Waals surface area contributed by atoms with Crippen molar-refractivity contribution in [3.05, 3.63) is 53.6 Å². The zero-order valence-electron chi connectivity index (χ0n) is 15.4. The minimum atomic E-state index is -4.48. The first kappa shape index (κ1) is 24.5. The van der Waals surface area contributed by atoms with Crippen molar-refractivity contribution in [3.63, 3.8) is 0 Å². The number of thioether (sulfide) groups is 1. The first-order valence-electron chi connectivity index (χ1n) is 7.97. The molecule has 4 nitrogen and oxygen atoms in total. The predicted molar refractivity (Wildman–Crippen MR) is 95.3 cm³/mol. The first-order chi connectivity index (χ1) is 13.5.